The van der Waals surface area contributed by atoms with Gasteiger partial charge in [0.2, 0.25) is 0 Å². The van der Waals surface area contributed by atoms with Crippen molar-refractivity contribution >= 4 is 24.4 Å². The molecule has 1 rings (SSSR count). The van der Waals surface area contributed by atoms with Crippen LogP contribution in [0.4, 0.5) is 0 Å². The van der Waals surface area contributed by atoms with E-state index in [1.54, 1.807) is 0 Å². The van der Waals surface area contributed by atoms with Crippen molar-refractivity contribution in [3.05, 3.63) is 23.9 Å². The molecule has 2 nitrogen and oxygen atoms in total. The van der Waals surface area contributed by atoms with E-state index in [1.165, 1.54) is 11.8 Å². The molecule has 0 aliphatic carbocycles. The van der Waals surface area contributed by atoms with Crippen LogP contribution in [0.25, 0.3) is 0 Å². The highest BCUT2D eigenvalue weighted by molar-refractivity contribution is 7.98. The van der Waals surface area contributed by atoms with E-state index in [0.29, 0.717) is 5.03 Å². The molecule has 0 fully saturated rings. The Morgan fingerprint density at radius 2 is 2.23 bits per heavy atom. The molecule has 0 bridgehead atoms. The maximum Gasteiger partial charge on any atom is 0.185 e. The number of allylic oxidation sites excluding steroid dienone is 1. The number of nitrogens with zero attached hydrogens (tertiary/aromatic N) is 2. The van der Waals surface area contributed by atoms with Gasteiger partial charge in [-0.05, 0) is 25.2 Å². The van der Waals surface area contributed by atoms with Crippen LogP contribution >= 0.6 is 11.8 Å². The lowest BCUT2D eigenvalue weighted by molar-refractivity contribution is 0.830. The Labute approximate surface area is 88.3 Å². The third-order valence-corrected chi connectivity index (χ3v) is 2.57. The molecule has 0 unspecified atom stereocenters. The number of rotatable bonds is 3. The van der Waals surface area contributed by atoms with E-state index in [-0.39, 0.29) is 0 Å². The summed E-state index contributed by atoms with van der Waals surface area (Å²) in [4.78, 5) is 8.50. The van der Waals surface area contributed by atoms with E-state index < -0.39 is 0 Å². The molecule has 0 radical (unpaired) electrons. The minimum Gasteiger partial charge on any atom is -0.760 e. The minimum absolute atomic E-state index is 0.650. The van der Waals surface area contributed by atoms with Gasteiger partial charge in [-0.3, -0.25) is 4.98 Å². The highest BCUT2D eigenvalue weighted by Crippen LogP contribution is 2.16. The molecule has 0 atom stereocenters. The molecule has 0 amide bonds. The van der Waals surface area contributed by atoms with Crippen LogP contribution in [-0.4, -0.2) is 16.2 Å². The van der Waals surface area contributed by atoms with E-state index in [2.05, 4.69) is 16.5 Å². The molecule has 0 aliphatic rings. The number of thioether (sulfide) groups is 1. The van der Waals surface area contributed by atoms with Crippen molar-refractivity contribution < 1.29 is 0 Å². The summed E-state index contributed by atoms with van der Waals surface area (Å²) in [6.07, 6.45) is 4.51. The molecule has 0 saturated carbocycles. The van der Waals surface area contributed by atoms with Gasteiger partial charge < -0.3 is 12.6 Å². The lowest BCUT2D eigenvalue weighted by Crippen LogP contribution is -2.00. The quantitative estimate of drug-likeness (QED) is 0.251. The van der Waals surface area contributed by atoms with Crippen molar-refractivity contribution in [3.8, 4) is 0 Å². The predicted octanol–water partition coefficient (Wildman–Crippen LogP) is 2.14. The van der Waals surface area contributed by atoms with E-state index in [1.807, 2.05) is 19.3 Å². The Hall–Kier alpha value is -0.610. The van der Waals surface area contributed by atoms with E-state index in [9.17, 15) is 0 Å². The second kappa shape index (κ2) is 4.58. The molecule has 1 aromatic rings. The molecule has 70 valence electrons. The van der Waals surface area contributed by atoms with Crippen molar-refractivity contribution in [2.24, 2.45) is 0 Å². The SMILES string of the molecule is C=CCc1c(C)nc(SC)nc1[S-]. The Morgan fingerprint density at radius 3 is 2.69 bits per heavy atom. The first-order valence-corrected chi connectivity index (χ1v) is 5.51. The zero-order valence-corrected chi connectivity index (χ0v) is 9.34. The van der Waals surface area contributed by atoms with Crippen LogP contribution in [0.15, 0.2) is 22.8 Å². The van der Waals surface area contributed by atoms with Crippen molar-refractivity contribution in [2.45, 2.75) is 23.5 Å². The predicted molar refractivity (Wildman–Crippen MR) is 58.1 cm³/mol. The van der Waals surface area contributed by atoms with Crippen molar-refractivity contribution in [1.29, 1.82) is 0 Å². The summed E-state index contributed by atoms with van der Waals surface area (Å²) in [5.41, 5.74) is 1.98. The number of aromatic nitrogens is 2. The summed E-state index contributed by atoms with van der Waals surface area (Å²) >= 11 is 6.66. The summed E-state index contributed by atoms with van der Waals surface area (Å²) < 4.78 is 0. The smallest absolute Gasteiger partial charge is 0.185 e. The first-order chi connectivity index (χ1) is 6.19. The van der Waals surface area contributed by atoms with Gasteiger partial charge in [-0.2, -0.15) is 0 Å². The van der Waals surface area contributed by atoms with E-state index >= 15 is 0 Å². The van der Waals surface area contributed by atoms with Gasteiger partial charge in [0.25, 0.3) is 0 Å². The van der Waals surface area contributed by atoms with Crippen LogP contribution in [0.5, 0.6) is 0 Å². The fourth-order valence-electron chi connectivity index (χ4n) is 1.02. The summed E-state index contributed by atoms with van der Waals surface area (Å²) in [6, 6.07) is 0. The van der Waals surface area contributed by atoms with Crippen LogP contribution in [0, 0.1) is 6.92 Å². The molecule has 1 aromatic heterocycles. The molecular weight excluding hydrogens is 200 g/mol. The molecule has 0 aromatic carbocycles. The van der Waals surface area contributed by atoms with Crippen LogP contribution in [0.1, 0.15) is 11.3 Å². The lowest BCUT2D eigenvalue weighted by atomic mass is 10.2. The van der Waals surface area contributed by atoms with Gasteiger partial charge in [0.1, 0.15) is 0 Å². The third-order valence-electron chi connectivity index (χ3n) is 1.69. The van der Waals surface area contributed by atoms with Gasteiger partial charge in [0.05, 0.1) is 0 Å². The van der Waals surface area contributed by atoms with Crippen molar-refractivity contribution in [1.82, 2.24) is 9.97 Å². The largest absolute Gasteiger partial charge is 0.760 e. The maximum atomic E-state index is 5.15. The van der Waals surface area contributed by atoms with Gasteiger partial charge in [-0.25, -0.2) is 4.98 Å². The number of aryl methyl sites for hydroxylation is 1. The van der Waals surface area contributed by atoms with Gasteiger partial charge >= 0.3 is 0 Å². The summed E-state index contributed by atoms with van der Waals surface area (Å²) in [5.74, 6) is 0. The first-order valence-electron chi connectivity index (χ1n) is 3.88. The highest BCUT2D eigenvalue weighted by Gasteiger charge is 2.01. The van der Waals surface area contributed by atoms with Crippen molar-refractivity contribution in [2.75, 3.05) is 6.26 Å². The van der Waals surface area contributed by atoms with E-state index in [4.69, 9.17) is 12.6 Å². The minimum atomic E-state index is 0.650. The second-order valence-corrected chi connectivity index (χ2v) is 3.73. The Kier molecular flexibility index (Phi) is 3.69. The number of hydrogen-bond donors (Lipinski definition) is 0. The van der Waals surface area contributed by atoms with Crippen LogP contribution < -0.4 is 0 Å². The van der Waals surface area contributed by atoms with E-state index in [0.717, 1.165) is 22.8 Å². The molecule has 1 heterocycles. The average Bonchev–Trinajstić information content (AvgIpc) is 2.11. The zero-order valence-electron chi connectivity index (χ0n) is 7.70. The molecule has 4 heteroatoms. The van der Waals surface area contributed by atoms with Crippen LogP contribution in [-0.2, 0) is 19.0 Å². The molecule has 0 saturated heterocycles. The van der Waals surface area contributed by atoms with Crippen molar-refractivity contribution in [3.63, 3.8) is 0 Å². The maximum absolute atomic E-state index is 5.15. The Morgan fingerprint density at radius 1 is 1.54 bits per heavy atom. The van der Waals surface area contributed by atoms with Crippen LogP contribution in [0.3, 0.4) is 0 Å². The second-order valence-electron chi connectivity index (χ2n) is 2.57. The zero-order chi connectivity index (χ0) is 9.84. The molecular formula is C9H11N2S2-. The van der Waals surface area contributed by atoms with Gasteiger partial charge in [-0.1, -0.05) is 22.9 Å². The highest BCUT2D eigenvalue weighted by atomic mass is 32.2. The summed E-state index contributed by atoms with van der Waals surface area (Å²) in [5, 5.41) is 1.40. The fraction of sp³-hybridized carbons (Fsp3) is 0.333. The summed E-state index contributed by atoms with van der Waals surface area (Å²) in [6.45, 7) is 5.63. The topological polar surface area (TPSA) is 25.8 Å². The third kappa shape index (κ3) is 2.42. The lowest BCUT2D eigenvalue weighted by Gasteiger charge is -2.14. The summed E-state index contributed by atoms with van der Waals surface area (Å²) in [7, 11) is 0. The first kappa shape index (κ1) is 10.5. The average molecular weight is 211 g/mol. The molecule has 0 N–H and O–H groups in total. The number of hydrogen-bond acceptors (Lipinski definition) is 4. The fourth-order valence-corrected chi connectivity index (χ4v) is 1.80. The van der Waals surface area contributed by atoms with Gasteiger partial charge in [-0.15, -0.1) is 6.58 Å². The standard InChI is InChI=1S/C9H12N2S2/c1-4-5-7-6(2)10-9(13-3)11-8(7)12/h4H,1,5H2,2-3H3,(H,10,11,12)/p-1. The van der Waals surface area contributed by atoms with Gasteiger partial charge in [0, 0.05) is 5.69 Å². The molecule has 13 heavy (non-hydrogen) atoms. The monoisotopic (exact) mass is 211 g/mol. The Bertz CT molecular complexity index is 300. The molecule has 0 spiro atoms. The van der Waals surface area contributed by atoms with Gasteiger partial charge in [0.15, 0.2) is 5.16 Å². The van der Waals surface area contributed by atoms with Crippen LogP contribution in [0.2, 0.25) is 0 Å². The normalized spacial score (nSPS) is 10.0. The Balaban J connectivity index is 3.14. The molecule has 0 aliphatic heterocycles.